The maximum absolute atomic E-state index is 4.16. The second-order valence-electron chi connectivity index (χ2n) is 6.08. The quantitative estimate of drug-likeness (QED) is 0.719. The molecular weight excluding hydrogens is 260 g/mol. The fourth-order valence-corrected chi connectivity index (χ4v) is 2.23. The van der Waals surface area contributed by atoms with E-state index in [-0.39, 0.29) is 5.41 Å². The van der Waals surface area contributed by atoms with Crippen LogP contribution in [0.5, 0.6) is 0 Å². The summed E-state index contributed by atoms with van der Waals surface area (Å²) in [6.07, 6.45) is 0. The minimum absolute atomic E-state index is 0.143. The number of benzene rings is 2. The van der Waals surface area contributed by atoms with Crippen molar-refractivity contribution in [2.45, 2.75) is 26.2 Å². The zero-order valence-corrected chi connectivity index (χ0v) is 12.5. The van der Waals surface area contributed by atoms with E-state index in [0.717, 1.165) is 17.1 Å². The van der Waals surface area contributed by atoms with Gasteiger partial charge in [-0.1, -0.05) is 63.2 Å². The molecule has 0 aliphatic heterocycles. The summed E-state index contributed by atoms with van der Waals surface area (Å²) in [6.45, 7) is 6.61. The van der Waals surface area contributed by atoms with Crippen LogP contribution in [0.15, 0.2) is 54.6 Å². The molecule has 0 radical (unpaired) electrons. The van der Waals surface area contributed by atoms with Gasteiger partial charge in [-0.25, -0.2) is 0 Å². The van der Waals surface area contributed by atoms with Gasteiger partial charge in [0.2, 0.25) is 0 Å². The molecule has 4 nitrogen and oxygen atoms in total. The molecule has 2 aromatic carbocycles. The number of hydrogen-bond donors (Lipinski definition) is 0. The molecule has 0 bridgehead atoms. The second-order valence-corrected chi connectivity index (χ2v) is 6.08. The average molecular weight is 278 g/mol. The van der Waals surface area contributed by atoms with Crippen LogP contribution in [0.3, 0.4) is 0 Å². The van der Waals surface area contributed by atoms with Crippen LogP contribution in [-0.4, -0.2) is 20.2 Å². The van der Waals surface area contributed by atoms with Crippen molar-refractivity contribution in [3.05, 3.63) is 60.2 Å². The Bertz CT molecular complexity index is 721. The summed E-state index contributed by atoms with van der Waals surface area (Å²) < 4.78 is 1.76. The Morgan fingerprint density at radius 2 is 1.52 bits per heavy atom. The van der Waals surface area contributed by atoms with Gasteiger partial charge in [-0.2, -0.15) is 4.68 Å². The van der Waals surface area contributed by atoms with E-state index in [1.165, 1.54) is 5.56 Å². The third-order valence-corrected chi connectivity index (χ3v) is 3.48. The van der Waals surface area contributed by atoms with Crippen molar-refractivity contribution < 1.29 is 0 Å². The molecule has 1 aromatic heterocycles. The van der Waals surface area contributed by atoms with Gasteiger partial charge in [-0.05, 0) is 33.5 Å². The van der Waals surface area contributed by atoms with E-state index in [4.69, 9.17) is 0 Å². The zero-order valence-electron chi connectivity index (χ0n) is 12.5. The van der Waals surface area contributed by atoms with Gasteiger partial charge in [-0.15, -0.1) is 5.10 Å². The largest absolute Gasteiger partial charge is 0.193 e. The SMILES string of the molecule is CC(C)(C)c1ccc(-c2nnnn2-c2ccccc2)cc1. The first-order chi connectivity index (χ1) is 10.1. The Hall–Kier alpha value is -2.49. The minimum atomic E-state index is 0.143. The van der Waals surface area contributed by atoms with E-state index in [9.17, 15) is 0 Å². The van der Waals surface area contributed by atoms with Gasteiger partial charge in [0.1, 0.15) is 0 Å². The summed E-state index contributed by atoms with van der Waals surface area (Å²) >= 11 is 0. The number of para-hydroxylation sites is 1. The first kappa shape index (κ1) is 13.5. The number of aromatic nitrogens is 4. The van der Waals surface area contributed by atoms with Crippen LogP contribution in [0.2, 0.25) is 0 Å². The van der Waals surface area contributed by atoms with Gasteiger partial charge in [0.25, 0.3) is 0 Å². The molecule has 1 heterocycles. The van der Waals surface area contributed by atoms with Crippen molar-refractivity contribution in [3.8, 4) is 17.1 Å². The Morgan fingerprint density at radius 1 is 0.857 bits per heavy atom. The number of rotatable bonds is 2. The molecule has 0 fully saturated rings. The first-order valence-electron chi connectivity index (χ1n) is 7.00. The molecule has 0 amide bonds. The summed E-state index contributed by atoms with van der Waals surface area (Å²) in [7, 11) is 0. The number of tetrazole rings is 1. The van der Waals surface area contributed by atoms with Gasteiger partial charge >= 0.3 is 0 Å². The third kappa shape index (κ3) is 2.70. The van der Waals surface area contributed by atoms with Crippen molar-refractivity contribution in [2.75, 3.05) is 0 Å². The molecule has 0 saturated carbocycles. The van der Waals surface area contributed by atoms with E-state index < -0.39 is 0 Å². The standard InChI is InChI=1S/C17H18N4/c1-17(2,3)14-11-9-13(10-12-14)16-18-19-20-21(16)15-7-5-4-6-8-15/h4-12H,1-3H3. The van der Waals surface area contributed by atoms with Gasteiger partial charge in [0.15, 0.2) is 5.82 Å². The predicted molar refractivity (Wildman–Crippen MR) is 83.3 cm³/mol. The van der Waals surface area contributed by atoms with Crippen LogP contribution >= 0.6 is 0 Å². The molecule has 0 N–H and O–H groups in total. The smallest absolute Gasteiger partial charge is 0.187 e. The molecule has 0 aliphatic carbocycles. The van der Waals surface area contributed by atoms with E-state index >= 15 is 0 Å². The lowest BCUT2D eigenvalue weighted by molar-refractivity contribution is 0.590. The van der Waals surface area contributed by atoms with Gasteiger partial charge in [0, 0.05) is 5.56 Å². The molecule has 21 heavy (non-hydrogen) atoms. The molecule has 106 valence electrons. The molecule has 0 saturated heterocycles. The fraction of sp³-hybridized carbons (Fsp3) is 0.235. The molecule has 3 rings (SSSR count). The van der Waals surface area contributed by atoms with Gasteiger partial charge < -0.3 is 0 Å². The number of hydrogen-bond acceptors (Lipinski definition) is 3. The van der Waals surface area contributed by atoms with E-state index in [0.29, 0.717) is 0 Å². The summed E-state index contributed by atoms with van der Waals surface area (Å²) in [5, 5.41) is 12.1. The highest BCUT2D eigenvalue weighted by Crippen LogP contribution is 2.25. The van der Waals surface area contributed by atoms with Crippen LogP contribution < -0.4 is 0 Å². The van der Waals surface area contributed by atoms with Crippen LogP contribution in [0.1, 0.15) is 26.3 Å². The minimum Gasteiger partial charge on any atom is -0.193 e. The van der Waals surface area contributed by atoms with Gasteiger partial charge in [0.05, 0.1) is 5.69 Å². The maximum Gasteiger partial charge on any atom is 0.187 e. The predicted octanol–water partition coefficient (Wildman–Crippen LogP) is 3.63. The van der Waals surface area contributed by atoms with Crippen LogP contribution in [0.4, 0.5) is 0 Å². The van der Waals surface area contributed by atoms with Crippen molar-refractivity contribution >= 4 is 0 Å². The normalized spacial score (nSPS) is 11.6. The molecular formula is C17H18N4. The first-order valence-corrected chi connectivity index (χ1v) is 7.00. The Balaban J connectivity index is 2.01. The van der Waals surface area contributed by atoms with Crippen molar-refractivity contribution in [2.24, 2.45) is 0 Å². The highest BCUT2D eigenvalue weighted by atomic mass is 15.5. The average Bonchev–Trinajstić information content (AvgIpc) is 2.97. The monoisotopic (exact) mass is 278 g/mol. The Kier molecular flexibility index (Phi) is 3.29. The van der Waals surface area contributed by atoms with Crippen LogP contribution in [0.25, 0.3) is 17.1 Å². The van der Waals surface area contributed by atoms with E-state index in [2.05, 4.69) is 60.6 Å². The lowest BCUT2D eigenvalue weighted by Gasteiger charge is -2.19. The lowest BCUT2D eigenvalue weighted by atomic mass is 9.87. The molecule has 0 aliphatic rings. The molecule has 3 aromatic rings. The second kappa shape index (κ2) is 5.13. The lowest BCUT2D eigenvalue weighted by Crippen LogP contribution is -2.10. The van der Waals surface area contributed by atoms with Crippen LogP contribution in [0, 0.1) is 0 Å². The Morgan fingerprint density at radius 3 is 2.14 bits per heavy atom. The third-order valence-electron chi connectivity index (χ3n) is 3.48. The van der Waals surface area contributed by atoms with Gasteiger partial charge in [-0.3, -0.25) is 0 Å². The Labute approximate surface area is 124 Å². The summed E-state index contributed by atoms with van der Waals surface area (Å²) in [5.41, 5.74) is 3.41. The summed E-state index contributed by atoms with van der Waals surface area (Å²) in [6, 6.07) is 18.3. The number of nitrogens with zero attached hydrogens (tertiary/aromatic N) is 4. The molecule has 0 spiro atoms. The topological polar surface area (TPSA) is 43.6 Å². The molecule has 0 atom stereocenters. The van der Waals surface area contributed by atoms with E-state index in [1.54, 1.807) is 4.68 Å². The van der Waals surface area contributed by atoms with Crippen molar-refractivity contribution in [3.63, 3.8) is 0 Å². The molecule has 0 unspecified atom stereocenters. The highest BCUT2D eigenvalue weighted by Gasteiger charge is 2.15. The van der Waals surface area contributed by atoms with Crippen molar-refractivity contribution in [1.29, 1.82) is 0 Å². The molecule has 4 heteroatoms. The van der Waals surface area contributed by atoms with Crippen LogP contribution in [-0.2, 0) is 5.41 Å². The maximum atomic E-state index is 4.16. The van der Waals surface area contributed by atoms with E-state index in [1.807, 2.05) is 30.3 Å². The fourth-order valence-electron chi connectivity index (χ4n) is 2.23. The highest BCUT2D eigenvalue weighted by molar-refractivity contribution is 5.58. The van der Waals surface area contributed by atoms with Crippen molar-refractivity contribution in [1.82, 2.24) is 20.2 Å². The summed E-state index contributed by atoms with van der Waals surface area (Å²) in [4.78, 5) is 0. The zero-order chi connectivity index (χ0) is 14.9. The summed E-state index contributed by atoms with van der Waals surface area (Å²) in [5.74, 6) is 0.752.